The Morgan fingerprint density at radius 3 is 2.47 bits per heavy atom. The van der Waals surface area contributed by atoms with Gasteiger partial charge >= 0.3 is 5.97 Å². The molecule has 1 fully saturated rings. The third-order valence-electron chi connectivity index (χ3n) is 4.80. The minimum absolute atomic E-state index is 0.0450. The van der Waals surface area contributed by atoms with E-state index in [0.717, 1.165) is 31.5 Å². The molecule has 0 saturated carbocycles. The molecule has 7 nitrogen and oxygen atoms in total. The Labute approximate surface area is 174 Å². The second-order valence-corrected chi connectivity index (χ2v) is 6.92. The largest absolute Gasteiger partial charge is 0.457 e. The van der Waals surface area contributed by atoms with Crippen molar-refractivity contribution < 1.29 is 19.1 Å². The minimum Gasteiger partial charge on any atom is -0.457 e. The molecule has 3 heterocycles. The molecule has 1 aliphatic heterocycles. The van der Waals surface area contributed by atoms with Crippen LogP contribution in [0.4, 0.5) is 0 Å². The number of carbonyl (C=O) groups is 2. The van der Waals surface area contributed by atoms with Crippen molar-refractivity contribution in [3.8, 4) is 11.6 Å². The van der Waals surface area contributed by atoms with Gasteiger partial charge in [-0.1, -0.05) is 12.1 Å². The Morgan fingerprint density at radius 2 is 1.73 bits per heavy atom. The Morgan fingerprint density at radius 1 is 0.967 bits per heavy atom. The Bertz CT molecular complexity index is 1020. The maximum atomic E-state index is 12.6. The lowest BCUT2D eigenvalue weighted by Gasteiger charge is -2.15. The van der Waals surface area contributed by atoms with Crippen molar-refractivity contribution in [3.05, 3.63) is 83.8 Å². The van der Waals surface area contributed by atoms with E-state index in [-0.39, 0.29) is 24.0 Å². The van der Waals surface area contributed by atoms with Crippen LogP contribution in [0.2, 0.25) is 0 Å². The second kappa shape index (κ2) is 9.17. The van der Waals surface area contributed by atoms with Gasteiger partial charge in [-0.15, -0.1) is 0 Å². The molecular formula is C23H21N3O4. The summed E-state index contributed by atoms with van der Waals surface area (Å²) in [5, 5.41) is 0. The lowest BCUT2D eigenvalue weighted by Crippen LogP contribution is -2.27. The SMILES string of the molecule is O=C(OCc1ccc(C(=O)N2CCCC2)cc1)c1cccnc1Oc1cccnc1. The van der Waals surface area contributed by atoms with Gasteiger partial charge in [-0.05, 0) is 54.8 Å². The molecule has 30 heavy (non-hydrogen) atoms. The number of pyridine rings is 2. The average molecular weight is 403 g/mol. The molecule has 1 saturated heterocycles. The zero-order chi connectivity index (χ0) is 20.8. The van der Waals surface area contributed by atoms with Crippen LogP contribution in [0.1, 0.15) is 39.1 Å². The molecule has 152 valence electrons. The third-order valence-corrected chi connectivity index (χ3v) is 4.80. The fourth-order valence-electron chi connectivity index (χ4n) is 3.22. The maximum Gasteiger partial charge on any atom is 0.344 e. The number of ether oxygens (including phenoxy) is 2. The highest BCUT2D eigenvalue weighted by molar-refractivity contribution is 5.94. The smallest absolute Gasteiger partial charge is 0.344 e. The third kappa shape index (κ3) is 4.63. The van der Waals surface area contributed by atoms with E-state index < -0.39 is 5.97 Å². The monoisotopic (exact) mass is 403 g/mol. The lowest BCUT2D eigenvalue weighted by molar-refractivity contribution is 0.0468. The minimum atomic E-state index is -0.542. The molecule has 0 bridgehead atoms. The van der Waals surface area contributed by atoms with Crippen LogP contribution in [0.25, 0.3) is 0 Å². The van der Waals surface area contributed by atoms with Crippen LogP contribution < -0.4 is 4.74 Å². The molecule has 3 aromatic rings. The van der Waals surface area contributed by atoms with E-state index in [1.807, 2.05) is 4.90 Å². The van der Waals surface area contributed by atoms with Gasteiger partial charge in [0.25, 0.3) is 5.91 Å². The normalized spacial score (nSPS) is 13.1. The van der Waals surface area contributed by atoms with E-state index in [0.29, 0.717) is 11.3 Å². The Balaban J connectivity index is 1.38. The zero-order valence-corrected chi connectivity index (χ0v) is 16.4. The molecule has 0 unspecified atom stereocenters. The quantitative estimate of drug-likeness (QED) is 0.581. The van der Waals surface area contributed by atoms with E-state index in [2.05, 4.69) is 9.97 Å². The van der Waals surface area contributed by atoms with Crippen LogP contribution in [-0.2, 0) is 11.3 Å². The standard InChI is InChI=1S/C23H21N3O4/c27-22(26-13-1-2-14-26)18-9-7-17(8-10-18)16-29-23(28)20-6-4-12-25-21(20)30-19-5-3-11-24-15-19/h3-12,15H,1-2,13-14,16H2. The molecule has 1 aromatic carbocycles. The van der Waals surface area contributed by atoms with E-state index in [1.165, 1.54) is 6.20 Å². The summed E-state index contributed by atoms with van der Waals surface area (Å²) in [6.45, 7) is 1.71. The number of nitrogens with zero attached hydrogens (tertiary/aromatic N) is 3. The Kier molecular flexibility index (Phi) is 5.98. The van der Waals surface area contributed by atoms with Gasteiger partial charge in [0.05, 0.1) is 6.20 Å². The number of rotatable bonds is 6. The Hall–Kier alpha value is -3.74. The number of hydrogen-bond donors (Lipinski definition) is 0. The number of esters is 1. The topological polar surface area (TPSA) is 81.6 Å². The molecule has 0 atom stereocenters. The van der Waals surface area contributed by atoms with Crippen molar-refractivity contribution in [2.45, 2.75) is 19.4 Å². The summed E-state index contributed by atoms with van der Waals surface area (Å²) in [4.78, 5) is 34.9. The number of hydrogen-bond acceptors (Lipinski definition) is 6. The van der Waals surface area contributed by atoms with Crippen LogP contribution in [0.5, 0.6) is 11.6 Å². The molecular weight excluding hydrogens is 382 g/mol. The fraction of sp³-hybridized carbons (Fsp3) is 0.217. The van der Waals surface area contributed by atoms with Crippen LogP contribution >= 0.6 is 0 Å². The van der Waals surface area contributed by atoms with Gasteiger partial charge in [0.1, 0.15) is 17.9 Å². The van der Waals surface area contributed by atoms with Crippen molar-refractivity contribution in [2.75, 3.05) is 13.1 Å². The zero-order valence-electron chi connectivity index (χ0n) is 16.4. The number of likely N-dealkylation sites (tertiary alicyclic amines) is 1. The molecule has 0 radical (unpaired) electrons. The van der Waals surface area contributed by atoms with Crippen LogP contribution in [-0.4, -0.2) is 39.8 Å². The van der Waals surface area contributed by atoms with Gasteiger partial charge in [-0.2, -0.15) is 0 Å². The molecule has 0 aliphatic carbocycles. The van der Waals surface area contributed by atoms with E-state index in [4.69, 9.17) is 9.47 Å². The average Bonchev–Trinajstić information content (AvgIpc) is 3.33. The van der Waals surface area contributed by atoms with Crippen LogP contribution in [0, 0.1) is 0 Å². The molecule has 1 amide bonds. The highest BCUT2D eigenvalue weighted by Crippen LogP contribution is 2.23. The van der Waals surface area contributed by atoms with Gasteiger partial charge in [0.15, 0.2) is 0 Å². The van der Waals surface area contributed by atoms with Crippen molar-refractivity contribution in [2.24, 2.45) is 0 Å². The van der Waals surface area contributed by atoms with Crippen molar-refractivity contribution in [3.63, 3.8) is 0 Å². The summed E-state index contributed by atoms with van der Waals surface area (Å²) in [5.41, 5.74) is 1.66. The first-order chi connectivity index (χ1) is 14.7. The first-order valence-corrected chi connectivity index (χ1v) is 9.79. The van der Waals surface area contributed by atoms with E-state index in [1.54, 1.807) is 60.9 Å². The lowest BCUT2D eigenvalue weighted by atomic mass is 10.1. The summed E-state index contributed by atoms with van der Waals surface area (Å²) >= 11 is 0. The van der Waals surface area contributed by atoms with E-state index >= 15 is 0 Å². The van der Waals surface area contributed by atoms with Gasteiger partial charge < -0.3 is 14.4 Å². The fourth-order valence-corrected chi connectivity index (χ4v) is 3.22. The summed E-state index contributed by atoms with van der Waals surface area (Å²) in [6.07, 6.45) is 6.82. The van der Waals surface area contributed by atoms with Crippen molar-refractivity contribution >= 4 is 11.9 Å². The summed E-state index contributed by atoms with van der Waals surface area (Å²) in [7, 11) is 0. The maximum absolute atomic E-state index is 12.6. The van der Waals surface area contributed by atoms with Gasteiger partial charge in [0, 0.05) is 31.0 Å². The highest BCUT2D eigenvalue weighted by atomic mass is 16.5. The molecule has 0 spiro atoms. The van der Waals surface area contributed by atoms with Gasteiger partial charge in [0.2, 0.25) is 5.88 Å². The molecule has 2 aromatic heterocycles. The predicted octanol–water partition coefficient (Wildman–Crippen LogP) is 3.86. The summed E-state index contributed by atoms with van der Waals surface area (Å²) in [5.74, 6) is 0.133. The van der Waals surface area contributed by atoms with Crippen LogP contribution in [0.3, 0.4) is 0 Å². The van der Waals surface area contributed by atoms with Gasteiger partial charge in [-0.25, -0.2) is 9.78 Å². The van der Waals surface area contributed by atoms with Crippen molar-refractivity contribution in [1.82, 2.24) is 14.9 Å². The second-order valence-electron chi connectivity index (χ2n) is 6.92. The summed E-state index contributed by atoms with van der Waals surface area (Å²) < 4.78 is 11.1. The first kappa shape index (κ1) is 19.6. The molecule has 4 rings (SSSR count). The molecule has 7 heteroatoms. The number of aromatic nitrogens is 2. The first-order valence-electron chi connectivity index (χ1n) is 9.79. The number of carbonyl (C=O) groups excluding carboxylic acids is 2. The molecule has 1 aliphatic rings. The number of benzene rings is 1. The highest BCUT2D eigenvalue weighted by Gasteiger charge is 2.19. The molecule has 0 N–H and O–H groups in total. The van der Waals surface area contributed by atoms with Crippen LogP contribution in [0.15, 0.2) is 67.1 Å². The number of amides is 1. The van der Waals surface area contributed by atoms with Crippen molar-refractivity contribution in [1.29, 1.82) is 0 Å². The van der Waals surface area contributed by atoms with Gasteiger partial charge in [-0.3, -0.25) is 9.78 Å². The van der Waals surface area contributed by atoms with E-state index in [9.17, 15) is 9.59 Å². The summed E-state index contributed by atoms with van der Waals surface area (Å²) in [6, 6.07) is 13.8. The predicted molar refractivity (Wildman–Crippen MR) is 109 cm³/mol.